The number of hydrogen-bond donors (Lipinski definition) is 3. The first-order valence-electron chi connectivity index (χ1n) is 6.22. The Hall–Kier alpha value is -2.30. The fourth-order valence-electron chi connectivity index (χ4n) is 1.76. The monoisotopic (exact) mass is 259 g/mol. The van der Waals surface area contributed by atoms with Crippen molar-refractivity contribution in [3.63, 3.8) is 0 Å². The molecule has 1 aromatic heterocycles. The summed E-state index contributed by atoms with van der Waals surface area (Å²) in [7, 11) is 0. The van der Waals surface area contributed by atoms with Crippen LogP contribution < -0.4 is 10.9 Å². The molecule has 0 radical (unpaired) electrons. The van der Waals surface area contributed by atoms with Crippen molar-refractivity contribution in [1.82, 2.24) is 15.5 Å². The van der Waals surface area contributed by atoms with Crippen molar-refractivity contribution < 1.29 is 4.79 Å². The Morgan fingerprint density at radius 1 is 1.21 bits per heavy atom. The van der Waals surface area contributed by atoms with E-state index in [1.54, 1.807) is 0 Å². The molecule has 0 saturated heterocycles. The highest BCUT2D eigenvalue weighted by Crippen LogP contribution is 2.05. The maximum absolute atomic E-state index is 11.7. The molecule has 5 heteroatoms. The number of nitrogens with one attached hydrogen (secondary N) is 3. The number of aryl methyl sites for hydroxylation is 2. The molecule has 100 valence electrons. The molecule has 0 atom stereocenters. The van der Waals surface area contributed by atoms with Crippen LogP contribution in [0.2, 0.25) is 0 Å². The fraction of sp³-hybridized carbons (Fsp3) is 0.286. The smallest absolute Gasteiger partial charge is 0.264 e. The molecule has 0 aliphatic carbocycles. The van der Waals surface area contributed by atoms with Crippen molar-refractivity contribution in [3.8, 4) is 0 Å². The Bertz CT molecular complexity index is 596. The van der Waals surface area contributed by atoms with Crippen LogP contribution in [0.15, 0.2) is 35.1 Å². The van der Waals surface area contributed by atoms with Gasteiger partial charge in [0, 0.05) is 12.5 Å². The number of aromatic nitrogens is 2. The highest BCUT2D eigenvalue weighted by Gasteiger charge is 2.03. The molecular weight excluding hydrogens is 242 g/mol. The quantitative estimate of drug-likeness (QED) is 0.756. The summed E-state index contributed by atoms with van der Waals surface area (Å²) in [6, 6.07) is 9.58. The van der Waals surface area contributed by atoms with Gasteiger partial charge in [0.15, 0.2) is 0 Å². The number of amides is 1. The third-order valence-corrected chi connectivity index (χ3v) is 2.89. The van der Waals surface area contributed by atoms with E-state index in [4.69, 9.17) is 0 Å². The van der Waals surface area contributed by atoms with E-state index in [9.17, 15) is 9.59 Å². The molecule has 2 aromatic rings. The molecule has 2 rings (SSSR count). The molecule has 0 fully saturated rings. The van der Waals surface area contributed by atoms with Crippen molar-refractivity contribution in [2.75, 3.05) is 0 Å². The lowest BCUT2D eigenvalue weighted by atomic mass is 10.1. The van der Waals surface area contributed by atoms with Crippen LogP contribution in [-0.4, -0.2) is 16.1 Å². The summed E-state index contributed by atoms with van der Waals surface area (Å²) in [5, 5.41) is 7.88. The second kappa shape index (κ2) is 6.04. The van der Waals surface area contributed by atoms with E-state index in [0.29, 0.717) is 18.7 Å². The molecule has 0 saturated carbocycles. The summed E-state index contributed by atoms with van der Waals surface area (Å²) < 4.78 is 0. The molecule has 0 aliphatic rings. The van der Waals surface area contributed by atoms with Gasteiger partial charge in [-0.3, -0.25) is 14.7 Å². The van der Waals surface area contributed by atoms with E-state index in [-0.39, 0.29) is 11.5 Å². The molecule has 0 spiro atoms. The highest BCUT2D eigenvalue weighted by molar-refractivity contribution is 5.76. The second-order valence-corrected chi connectivity index (χ2v) is 4.55. The minimum atomic E-state index is -0.191. The molecule has 1 heterocycles. The van der Waals surface area contributed by atoms with Crippen LogP contribution in [-0.2, 0) is 17.8 Å². The van der Waals surface area contributed by atoms with E-state index in [0.717, 1.165) is 12.0 Å². The molecule has 19 heavy (non-hydrogen) atoms. The number of benzene rings is 1. The normalized spacial score (nSPS) is 10.4. The number of carbonyl (C=O) groups is 1. The van der Waals surface area contributed by atoms with Crippen molar-refractivity contribution >= 4 is 5.91 Å². The van der Waals surface area contributed by atoms with Gasteiger partial charge < -0.3 is 10.4 Å². The number of H-pyrrole nitrogens is 2. The summed E-state index contributed by atoms with van der Waals surface area (Å²) >= 11 is 0. The summed E-state index contributed by atoms with van der Waals surface area (Å²) in [6.07, 6.45) is 1.16. The van der Waals surface area contributed by atoms with Gasteiger partial charge >= 0.3 is 0 Å². The van der Waals surface area contributed by atoms with Crippen molar-refractivity contribution in [1.29, 1.82) is 0 Å². The van der Waals surface area contributed by atoms with Crippen LogP contribution in [0.5, 0.6) is 0 Å². The van der Waals surface area contributed by atoms with Crippen molar-refractivity contribution in [2.45, 2.75) is 26.3 Å². The van der Waals surface area contributed by atoms with Gasteiger partial charge in [-0.2, -0.15) is 0 Å². The van der Waals surface area contributed by atoms with Crippen LogP contribution >= 0.6 is 0 Å². The Morgan fingerprint density at radius 2 is 1.95 bits per heavy atom. The molecule has 5 nitrogen and oxygen atoms in total. The van der Waals surface area contributed by atoms with Gasteiger partial charge in [0.1, 0.15) is 0 Å². The number of hydrogen-bond acceptors (Lipinski definition) is 2. The summed E-state index contributed by atoms with van der Waals surface area (Å²) in [5.74, 6) is -0.0253. The molecule has 0 aliphatic heterocycles. The molecule has 1 aromatic carbocycles. The average molecular weight is 259 g/mol. The predicted octanol–water partition coefficient (Wildman–Crippen LogP) is 1.26. The largest absolute Gasteiger partial charge is 0.350 e. The minimum Gasteiger partial charge on any atom is -0.350 e. The van der Waals surface area contributed by atoms with Gasteiger partial charge in [0.2, 0.25) is 5.91 Å². The van der Waals surface area contributed by atoms with Crippen molar-refractivity contribution in [3.05, 3.63) is 57.5 Å². The van der Waals surface area contributed by atoms with Gasteiger partial charge in [-0.05, 0) is 18.9 Å². The lowest BCUT2D eigenvalue weighted by Gasteiger charge is -2.04. The lowest BCUT2D eigenvalue weighted by molar-refractivity contribution is -0.121. The zero-order valence-electron chi connectivity index (χ0n) is 10.8. The van der Waals surface area contributed by atoms with Crippen LogP contribution in [0, 0.1) is 6.92 Å². The number of rotatable bonds is 5. The number of aromatic amines is 2. The van der Waals surface area contributed by atoms with E-state index in [2.05, 4.69) is 15.5 Å². The van der Waals surface area contributed by atoms with Gasteiger partial charge in [0.25, 0.3) is 5.56 Å². The zero-order chi connectivity index (χ0) is 13.7. The SMILES string of the molecule is Cc1ccc(CCC(=O)NCc2cc(=O)[nH][nH]2)cc1. The Labute approximate surface area is 111 Å². The summed E-state index contributed by atoms with van der Waals surface area (Å²) in [5.41, 5.74) is 2.85. The van der Waals surface area contributed by atoms with E-state index >= 15 is 0 Å². The second-order valence-electron chi connectivity index (χ2n) is 4.55. The predicted molar refractivity (Wildman–Crippen MR) is 72.8 cm³/mol. The maximum Gasteiger partial charge on any atom is 0.264 e. The molecule has 0 bridgehead atoms. The van der Waals surface area contributed by atoms with E-state index in [1.807, 2.05) is 31.2 Å². The fourth-order valence-corrected chi connectivity index (χ4v) is 1.76. The molecule has 1 amide bonds. The van der Waals surface area contributed by atoms with Gasteiger partial charge in [-0.25, -0.2) is 0 Å². The average Bonchev–Trinajstić information content (AvgIpc) is 2.81. The Morgan fingerprint density at radius 3 is 2.58 bits per heavy atom. The highest BCUT2D eigenvalue weighted by atomic mass is 16.1. The van der Waals surface area contributed by atoms with Crippen LogP contribution in [0.1, 0.15) is 23.2 Å². The standard InChI is InChI=1S/C14H17N3O2/c1-10-2-4-11(5-3-10)6-7-13(18)15-9-12-8-14(19)17-16-12/h2-5,8H,6-7,9H2,1H3,(H,15,18)(H2,16,17,19). The minimum absolute atomic E-state index is 0.0253. The lowest BCUT2D eigenvalue weighted by Crippen LogP contribution is -2.23. The van der Waals surface area contributed by atoms with Crippen LogP contribution in [0.4, 0.5) is 0 Å². The topological polar surface area (TPSA) is 77.8 Å². The number of carbonyl (C=O) groups excluding carboxylic acids is 1. The van der Waals surface area contributed by atoms with E-state index < -0.39 is 0 Å². The summed E-state index contributed by atoms with van der Waals surface area (Å²) in [4.78, 5) is 22.5. The first kappa shape index (κ1) is 13.1. The zero-order valence-corrected chi connectivity index (χ0v) is 10.8. The summed E-state index contributed by atoms with van der Waals surface area (Å²) in [6.45, 7) is 2.37. The molecular formula is C14H17N3O2. The van der Waals surface area contributed by atoms with Gasteiger partial charge in [0.05, 0.1) is 12.2 Å². The van der Waals surface area contributed by atoms with Gasteiger partial charge in [-0.15, -0.1) is 0 Å². The first-order chi connectivity index (χ1) is 9.13. The van der Waals surface area contributed by atoms with Crippen LogP contribution in [0.3, 0.4) is 0 Å². The Balaban J connectivity index is 1.75. The molecule has 3 N–H and O–H groups in total. The van der Waals surface area contributed by atoms with Crippen molar-refractivity contribution in [2.24, 2.45) is 0 Å². The molecule has 0 unspecified atom stereocenters. The Kier molecular flexibility index (Phi) is 4.18. The van der Waals surface area contributed by atoms with Gasteiger partial charge in [-0.1, -0.05) is 29.8 Å². The maximum atomic E-state index is 11.7. The first-order valence-corrected chi connectivity index (χ1v) is 6.22. The third kappa shape index (κ3) is 4.13. The third-order valence-electron chi connectivity index (χ3n) is 2.89. The van der Waals surface area contributed by atoms with Crippen LogP contribution in [0.25, 0.3) is 0 Å². The van der Waals surface area contributed by atoms with E-state index in [1.165, 1.54) is 11.6 Å².